The SMILES string of the molecule is CC(NS(=O)(=O)c1c(Cl)cccc1Cl)C(=O)Nc1ccccc1. The van der Waals surface area contributed by atoms with Gasteiger partial charge in [0.1, 0.15) is 4.90 Å². The summed E-state index contributed by atoms with van der Waals surface area (Å²) in [6, 6.07) is 12.1. The maximum absolute atomic E-state index is 12.4. The molecular formula is C15H14Cl2N2O3S. The van der Waals surface area contributed by atoms with E-state index < -0.39 is 22.0 Å². The zero-order valence-corrected chi connectivity index (χ0v) is 14.4. The van der Waals surface area contributed by atoms with Crippen LogP contribution in [0.25, 0.3) is 0 Å². The number of carbonyl (C=O) groups excluding carboxylic acids is 1. The van der Waals surface area contributed by atoms with Crippen molar-refractivity contribution in [2.24, 2.45) is 0 Å². The molecule has 1 amide bonds. The molecule has 2 aromatic rings. The fourth-order valence-electron chi connectivity index (χ4n) is 1.86. The molecule has 1 unspecified atom stereocenters. The Morgan fingerprint density at radius 1 is 1.00 bits per heavy atom. The van der Waals surface area contributed by atoms with Crippen molar-refractivity contribution in [1.29, 1.82) is 0 Å². The lowest BCUT2D eigenvalue weighted by Gasteiger charge is -2.15. The molecule has 0 saturated heterocycles. The van der Waals surface area contributed by atoms with Gasteiger partial charge < -0.3 is 5.32 Å². The molecule has 2 N–H and O–H groups in total. The van der Waals surface area contributed by atoms with Gasteiger partial charge >= 0.3 is 0 Å². The van der Waals surface area contributed by atoms with Crippen molar-refractivity contribution in [2.45, 2.75) is 17.9 Å². The summed E-state index contributed by atoms with van der Waals surface area (Å²) in [5, 5.41) is 2.59. The molecule has 0 radical (unpaired) electrons. The van der Waals surface area contributed by atoms with Gasteiger partial charge in [-0.25, -0.2) is 8.42 Å². The molecule has 0 aromatic heterocycles. The zero-order chi connectivity index (χ0) is 17.0. The largest absolute Gasteiger partial charge is 0.325 e. The van der Waals surface area contributed by atoms with Crippen molar-refractivity contribution < 1.29 is 13.2 Å². The van der Waals surface area contributed by atoms with E-state index in [1.54, 1.807) is 30.3 Å². The van der Waals surface area contributed by atoms with Gasteiger partial charge in [-0.15, -0.1) is 0 Å². The highest BCUT2D eigenvalue weighted by Gasteiger charge is 2.26. The summed E-state index contributed by atoms with van der Waals surface area (Å²) in [6.45, 7) is 1.43. The second-order valence-electron chi connectivity index (χ2n) is 4.75. The Balaban J connectivity index is 2.15. The number of para-hydroxylation sites is 1. The zero-order valence-electron chi connectivity index (χ0n) is 12.1. The normalized spacial score (nSPS) is 12.7. The van der Waals surface area contributed by atoms with Crippen LogP contribution in [0.4, 0.5) is 5.69 Å². The van der Waals surface area contributed by atoms with Crippen molar-refractivity contribution in [1.82, 2.24) is 4.72 Å². The van der Waals surface area contributed by atoms with E-state index in [2.05, 4.69) is 10.0 Å². The molecular weight excluding hydrogens is 359 g/mol. The Bertz CT molecular complexity index is 790. The minimum atomic E-state index is -4.03. The number of sulfonamides is 1. The summed E-state index contributed by atoms with van der Waals surface area (Å²) in [4.78, 5) is 11.8. The molecule has 1 atom stereocenters. The Labute approximate surface area is 144 Å². The van der Waals surface area contributed by atoms with E-state index in [4.69, 9.17) is 23.2 Å². The molecule has 5 nitrogen and oxygen atoms in total. The van der Waals surface area contributed by atoms with Gasteiger partial charge in [-0.2, -0.15) is 4.72 Å². The fourth-order valence-corrected chi connectivity index (χ4v) is 4.20. The Morgan fingerprint density at radius 3 is 2.13 bits per heavy atom. The molecule has 0 aliphatic rings. The molecule has 0 bridgehead atoms. The van der Waals surface area contributed by atoms with E-state index in [1.165, 1.54) is 25.1 Å². The number of anilines is 1. The van der Waals surface area contributed by atoms with Gasteiger partial charge in [-0.1, -0.05) is 47.5 Å². The lowest BCUT2D eigenvalue weighted by molar-refractivity contribution is -0.117. The van der Waals surface area contributed by atoms with Gasteiger partial charge in [0.25, 0.3) is 0 Å². The third-order valence-electron chi connectivity index (χ3n) is 2.95. The molecule has 0 spiro atoms. The summed E-state index contributed by atoms with van der Waals surface area (Å²) in [5.74, 6) is -0.497. The summed E-state index contributed by atoms with van der Waals surface area (Å²) in [5.41, 5.74) is 0.569. The van der Waals surface area contributed by atoms with Crippen LogP contribution >= 0.6 is 23.2 Å². The van der Waals surface area contributed by atoms with E-state index >= 15 is 0 Å². The van der Waals surface area contributed by atoms with Crippen LogP contribution < -0.4 is 10.0 Å². The quantitative estimate of drug-likeness (QED) is 0.845. The minimum Gasteiger partial charge on any atom is -0.325 e. The van der Waals surface area contributed by atoms with Gasteiger partial charge in [-0.05, 0) is 31.2 Å². The van der Waals surface area contributed by atoms with Crippen molar-refractivity contribution >= 4 is 44.8 Å². The van der Waals surface area contributed by atoms with Crippen LogP contribution in [0.2, 0.25) is 10.0 Å². The Morgan fingerprint density at radius 2 is 1.57 bits per heavy atom. The van der Waals surface area contributed by atoms with Crippen molar-refractivity contribution in [3.05, 3.63) is 58.6 Å². The molecule has 0 fully saturated rings. The lowest BCUT2D eigenvalue weighted by atomic mass is 10.3. The van der Waals surface area contributed by atoms with E-state index in [0.29, 0.717) is 5.69 Å². The maximum atomic E-state index is 12.4. The molecule has 122 valence electrons. The van der Waals surface area contributed by atoms with Gasteiger partial charge in [0.15, 0.2) is 0 Å². The van der Waals surface area contributed by atoms with Crippen LogP contribution in [0.5, 0.6) is 0 Å². The predicted octanol–water partition coefficient (Wildman–Crippen LogP) is 3.30. The van der Waals surface area contributed by atoms with Crippen LogP contribution in [0.15, 0.2) is 53.4 Å². The smallest absolute Gasteiger partial charge is 0.244 e. The summed E-state index contributed by atoms with van der Waals surface area (Å²) < 4.78 is 27.0. The number of benzene rings is 2. The van der Waals surface area contributed by atoms with Gasteiger partial charge in [-0.3, -0.25) is 4.79 Å². The number of hydrogen-bond acceptors (Lipinski definition) is 3. The number of carbonyl (C=O) groups is 1. The first kappa shape index (κ1) is 17.7. The van der Waals surface area contributed by atoms with Crippen LogP contribution in [0.1, 0.15) is 6.92 Å². The molecule has 0 heterocycles. The fraction of sp³-hybridized carbons (Fsp3) is 0.133. The van der Waals surface area contributed by atoms with E-state index in [9.17, 15) is 13.2 Å². The van der Waals surface area contributed by atoms with E-state index in [0.717, 1.165) is 0 Å². The predicted molar refractivity (Wildman–Crippen MR) is 91.3 cm³/mol. The van der Waals surface area contributed by atoms with Gasteiger partial charge in [0.05, 0.1) is 16.1 Å². The molecule has 23 heavy (non-hydrogen) atoms. The average Bonchev–Trinajstić information content (AvgIpc) is 2.47. The van der Waals surface area contributed by atoms with Crippen LogP contribution in [0, 0.1) is 0 Å². The van der Waals surface area contributed by atoms with Crippen molar-refractivity contribution in [3.8, 4) is 0 Å². The average molecular weight is 373 g/mol. The molecule has 0 aliphatic heterocycles. The molecule has 2 aromatic carbocycles. The number of rotatable bonds is 5. The van der Waals surface area contributed by atoms with Crippen LogP contribution in [-0.2, 0) is 14.8 Å². The van der Waals surface area contributed by atoms with Gasteiger partial charge in [0, 0.05) is 5.69 Å². The molecule has 0 saturated carbocycles. The first-order valence-corrected chi connectivity index (χ1v) is 8.87. The molecule has 2 rings (SSSR count). The highest BCUT2D eigenvalue weighted by Crippen LogP contribution is 2.28. The van der Waals surface area contributed by atoms with Gasteiger partial charge in [0.2, 0.25) is 15.9 Å². The number of nitrogens with one attached hydrogen (secondary N) is 2. The van der Waals surface area contributed by atoms with Crippen molar-refractivity contribution in [3.63, 3.8) is 0 Å². The lowest BCUT2D eigenvalue weighted by Crippen LogP contribution is -2.41. The number of amides is 1. The second kappa shape index (κ2) is 7.31. The van der Waals surface area contributed by atoms with Crippen molar-refractivity contribution in [2.75, 3.05) is 5.32 Å². The third kappa shape index (κ3) is 4.45. The maximum Gasteiger partial charge on any atom is 0.244 e. The first-order valence-electron chi connectivity index (χ1n) is 6.63. The summed E-state index contributed by atoms with van der Waals surface area (Å²) in [6.07, 6.45) is 0. The van der Waals surface area contributed by atoms with Crippen LogP contribution in [-0.4, -0.2) is 20.4 Å². The summed E-state index contributed by atoms with van der Waals surface area (Å²) in [7, 11) is -4.03. The Hall–Kier alpha value is -1.60. The highest BCUT2D eigenvalue weighted by atomic mass is 35.5. The number of halogens is 2. The molecule has 0 aliphatic carbocycles. The van der Waals surface area contributed by atoms with Crippen LogP contribution in [0.3, 0.4) is 0 Å². The van der Waals surface area contributed by atoms with E-state index in [-0.39, 0.29) is 14.9 Å². The number of hydrogen-bond donors (Lipinski definition) is 2. The minimum absolute atomic E-state index is 0.0133. The topological polar surface area (TPSA) is 75.3 Å². The monoisotopic (exact) mass is 372 g/mol. The van der Waals surface area contributed by atoms with E-state index in [1.807, 2.05) is 0 Å². The first-order chi connectivity index (χ1) is 10.8. The second-order valence-corrected chi connectivity index (χ2v) is 7.21. The summed E-state index contributed by atoms with van der Waals surface area (Å²) >= 11 is 11.8. The molecule has 8 heteroatoms. The highest BCUT2D eigenvalue weighted by molar-refractivity contribution is 7.89. The third-order valence-corrected chi connectivity index (χ3v) is 5.45. The Kier molecular flexibility index (Phi) is 5.64. The standard InChI is InChI=1S/C15H14Cl2N2O3S/c1-10(15(20)18-11-6-3-2-4-7-11)19-23(21,22)14-12(16)8-5-9-13(14)17/h2-10,19H,1H3,(H,18,20).